The van der Waals surface area contributed by atoms with E-state index in [1.807, 2.05) is 6.07 Å². The van der Waals surface area contributed by atoms with Crippen molar-refractivity contribution >= 4 is 27.6 Å². The molecule has 84 valence electrons. The lowest BCUT2D eigenvalue weighted by Gasteiger charge is -2.04. The summed E-state index contributed by atoms with van der Waals surface area (Å²) in [7, 11) is 3.27. The number of nitrogens with zero attached hydrogens (tertiary/aromatic N) is 1. The van der Waals surface area contributed by atoms with Gasteiger partial charge in [-0.05, 0) is 18.2 Å². The first-order valence-electron chi connectivity index (χ1n) is 4.70. The summed E-state index contributed by atoms with van der Waals surface area (Å²) in [5.41, 5.74) is 0.553. The topological polar surface area (TPSA) is 37.4 Å². The minimum absolute atomic E-state index is 0.184. The Morgan fingerprint density at radius 1 is 1.25 bits per heavy atom. The molecule has 0 saturated carbocycles. The Labute approximate surface area is 103 Å². The summed E-state index contributed by atoms with van der Waals surface area (Å²) in [6.45, 7) is 0. The monoisotopic (exact) mass is 281 g/mol. The molecule has 16 heavy (non-hydrogen) atoms. The normalized spacial score (nSPS) is 10.4. The van der Waals surface area contributed by atoms with Crippen molar-refractivity contribution in [1.29, 1.82) is 0 Å². The van der Waals surface area contributed by atoms with Gasteiger partial charge >= 0.3 is 0 Å². The molecule has 0 bridgehead atoms. The molecule has 0 aliphatic rings. The van der Waals surface area contributed by atoms with Gasteiger partial charge in [-0.25, -0.2) is 0 Å². The lowest BCUT2D eigenvalue weighted by Crippen LogP contribution is -2.19. The number of rotatable bonds is 3. The van der Waals surface area contributed by atoms with Gasteiger partial charge in [0.15, 0.2) is 5.78 Å². The average Bonchev–Trinajstić information content (AvgIpc) is 2.25. The zero-order valence-corrected chi connectivity index (χ0v) is 10.7. The Morgan fingerprint density at radius 3 is 2.50 bits per heavy atom. The van der Waals surface area contributed by atoms with E-state index in [-0.39, 0.29) is 11.7 Å². The second-order valence-electron chi connectivity index (χ2n) is 3.44. The number of carbonyl (C=O) groups is 2. The van der Waals surface area contributed by atoms with Crippen LogP contribution < -0.4 is 0 Å². The van der Waals surface area contributed by atoms with Crippen molar-refractivity contribution in [1.82, 2.24) is 4.90 Å². The number of allylic oxidation sites excluding steroid dienone is 1. The standard InChI is InChI=1S/C12H12BrNO2/c1-14(2)12(16)7-6-11(15)9-4-3-5-10(13)8-9/h3-8H,1-2H3/b7-6+. The number of carbonyl (C=O) groups excluding carboxylic acids is 2. The van der Waals surface area contributed by atoms with Gasteiger partial charge in [0.2, 0.25) is 5.91 Å². The molecule has 0 N–H and O–H groups in total. The summed E-state index contributed by atoms with van der Waals surface area (Å²) in [4.78, 5) is 24.3. The van der Waals surface area contributed by atoms with E-state index < -0.39 is 0 Å². The third kappa shape index (κ3) is 3.62. The molecule has 3 nitrogen and oxygen atoms in total. The van der Waals surface area contributed by atoms with Gasteiger partial charge in [0.05, 0.1) is 0 Å². The first-order chi connectivity index (χ1) is 7.50. The van der Waals surface area contributed by atoms with E-state index in [1.165, 1.54) is 17.1 Å². The van der Waals surface area contributed by atoms with Crippen molar-refractivity contribution in [3.05, 3.63) is 46.5 Å². The zero-order valence-electron chi connectivity index (χ0n) is 9.11. The van der Waals surface area contributed by atoms with Gasteiger partial charge in [0.1, 0.15) is 0 Å². The molecule has 0 fully saturated rings. The Hall–Kier alpha value is -1.42. The molecular weight excluding hydrogens is 270 g/mol. The van der Waals surface area contributed by atoms with Crippen LogP contribution in [0.15, 0.2) is 40.9 Å². The fraction of sp³-hybridized carbons (Fsp3) is 0.167. The third-order valence-corrected chi connectivity index (χ3v) is 2.42. The Kier molecular flexibility index (Phi) is 4.43. The fourth-order valence-electron chi connectivity index (χ4n) is 1.03. The maximum absolute atomic E-state index is 11.6. The van der Waals surface area contributed by atoms with Crippen LogP contribution in [0.5, 0.6) is 0 Å². The van der Waals surface area contributed by atoms with Gasteiger partial charge in [-0.15, -0.1) is 0 Å². The van der Waals surface area contributed by atoms with E-state index in [0.29, 0.717) is 5.56 Å². The number of likely N-dealkylation sites (N-methyl/N-ethyl adjacent to an activating group) is 1. The number of ketones is 1. The fourth-order valence-corrected chi connectivity index (χ4v) is 1.43. The highest BCUT2D eigenvalue weighted by Gasteiger charge is 2.03. The second kappa shape index (κ2) is 5.61. The first-order valence-corrected chi connectivity index (χ1v) is 5.49. The van der Waals surface area contributed by atoms with Crippen molar-refractivity contribution in [2.24, 2.45) is 0 Å². The van der Waals surface area contributed by atoms with Crippen molar-refractivity contribution in [3.8, 4) is 0 Å². The highest BCUT2D eigenvalue weighted by Crippen LogP contribution is 2.12. The smallest absolute Gasteiger partial charge is 0.246 e. The lowest BCUT2D eigenvalue weighted by molar-refractivity contribution is -0.123. The van der Waals surface area contributed by atoms with Gasteiger partial charge in [-0.1, -0.05) is 28.1 Å². The maximum atomic E-state index is 11.6. The molecule has 1 aromatic carbocycles. The molecule has 1 amide bonds. The molecule has 4 heteroatoms. The second-order valence-corrected chi connectivity index (χ2v) is 4.36. The van der Waals surface area contributed by atoms with Crippen LogP contribution >= 0.6 is 15.9 Å². The Bertz CT molecular complexity index is 438. The molecule has 0 spiro atoms. The van der Waals surface area contributed by atoms with Crippen LogP contribution in [0.1, 0.15) is 10.4 Å². The van der Waals surface area contributed by atoms with E-state index in [1.54, 1.807) is 32.3 Å². The SMILES string of the molecule is CN(C)C(=O)/C=C/C(=O)c1cccc(Br)c1. The molecule has 0 atom stereocenters. The van der Waals surface area contributed by atoms with Gasteiger partial charge in [0, 0.05) is 30.2 Å². The Morgan fingerprint density at radius 2 is 1.94 bits per heavy atom. The number of amides is 1. The summed E-state index contributed by atoms with van der Waals surface area (Å²) in [6, 6.07) is 7.04. The number of hydrogen-bond acceptors (Lipinski definition) is 2. The van der Waals surface area contributed by atoms with E-state index >= 15 is 0 Å². The number of hydrogen-bond donors (Lipinski definition) is 0. The molecule has 0 radical (unpaired) electrons. The van der Waals surface area contributed by atoms with Crippen LogP contribution in [-0.4, -0.2) is 30.7 Å². The largest absolute Gasteiger partial charge is 0.345 e. The summed E-state index contributed by atoms with van der Waals surface area (Å²) < 4.78 is 0.839. The van der Waals surface area contributed by atoms with Crippen LogP contribution in [0, 0.1) is 0 Å². The molecule has 0 saturated heterocycles. The maximum Gasteiger partial charge on any atom is 0.246 e. The average molecular weight is 282 g/mol. The van der Waals surface area contributed by atoms with Crippen molar-refractivity contribution in [2.45, 2.75) is 0 Å². The first kappa shape index (κ1) is 12.6. The van der Waals surface area contributed by atoms with Gasteiger partial charge in [-0.3, -0.25) is 9.59 Å². The summed E-state index contributed by atoms with van der Waals surface area (Å²) in [5.74, 6) is -0.389. The number of halogens is 1. The van der Waals surface area contributed by atoms with Crippen LogP contribution in [0.2, 0.25) is 0 Å². The van der Waals surface area contributed by atoms with Gasteiger partial charge in [-0.2, -0.15) is 0 Å². The molecule has 1 aromatic rings. The summed E-state index contributed by atoms with van der Waals surface area (Å²) in [5, 5.41) is 0. The predicted molar refractivity (Wildman–Crippen MR) is 66.3 cm³/mol. The summed E-state index contributed by atoms with van der Waals surface area (Å²) in [6.07, 6.45) is 2.55. The third-order valence-electron chi connectivity index (χ3n) is 1.93. The minimum Gasteiger partial charge on any atom is -0.345 e. The van der Waals surface area contributed by atoms with Crippen LogP contribution in [-0.2, 0) is 4.79 Å². The molecule has 1 rings (SSSR count). The van der Waals surface area contributed by atoms with Gasteiger partial charge < -0.3 is 4.90 Å². The molecule has 0 aliphatic heterocycles. The van der Waals surface area contributed by atoms with E-state index in [0.717, 1.165) is 4.47 Å². The van der Waals surface area contributed by atoms with Crippen LogP contribution in [0.3, 0.4) is 0 Å². The Balaban J connectivity index is 2.77. The van der Waals surface area contributed by atoms with Gasteiger partial charge in [0.25, 0.3) is 0 Å². The quantitative estimate of drug-likeness (QED) is 0.630. The van der Waals surface area contributed by atoms with Crippen LogP contribution in [0.25, 0.3) is 0 Å². The minimum atomic E-state index is -0.205. The molecule has 0 aliphatic carbocycles. The van der Waals surface area contributed by atoms with Crippen molar-refractivity contribution < 1.29 is 9.59 Å². The van der Waals surface area contributed by atoms with Crippen LogP contribution in [0.4, 0.5) is 0 Å². The summed E-state index contributed by atoms with van der Waals surface area (Å²) >= 11 is 3.28. The molecular formula is C12H12BrNO2. The molecule has 0 aromatic heterocycles. The highest BCUT2D eigenvalue weighted by molar-refractivity contribution is 9.10. The zero-order chi connectivity index (χ0) is 12.1. The number of benzene rings is 1. The predicted octanol–water partition coefficient (Wildman–Crippen LogP) is 2.28. The lowest BCUT2D eigenvalue weighted by atomic mass is 10.1. The van der Waals surface area contributed by atoms with Crippen molar-refractivity contribution in [2.75, 3.05) is 14.1 Å². The van der Waals surface area contributed by atoms with Crippen molar-refractivity contribution in [3.63, 3.8) is 0 Å². The van der Waals surface area contributed by atoms with E-state index in [9.17, 15) is 9.59 Å². The highest BCUT2D eigenvalue weighted by atomic mass is 79.9. The van der Waals surface area contributed by atoms with E-state index in [2.05, 4.69) is 15.9 Å². The van der Waals surface area contributed by atoms with E-state index in [4.69, 9.17) is 0 Å². The molecule has 0 heterocycles. The molecule has 0 unspecified atom stereocenters.